The number of hydrogen-bond acceptors (Lipinski definition) is 2. The number of rotatable bonds is 7. The Bertz CT molecular complexity index is 487. The fourth-order valence-corrected chi connectivity index (χ4v) is 2.37. The monoisotopic (exact) mass is 417 g/mol. The van der Waals surface area contributed by atoms with Crippen LogP contribution in [0.2, 0.25) is 0 Å². The quantitative estimate of drug-likeness (QED) is 0.407. The average molecular weight is 417 g/mol. The van der Waals surface area contributed by atoms with Gasteiger partial charge in [0.05, 0.1) is 7.11 Å². The highest BCUT2D eigenvalue weighted by Crippen LogP contribution is 2.31. The van der Waals surface area contributed by atoms with E-state index in [2.05, 4.69) is 40.7 Å². The molecule has 2 rings (SSSR count). The first-order chi connectivity index (χ1) is 10.2. The van der Waals surface area contributed by atoms with Gasteiger partial charge in [-0.05, 0) is 42.9 Å². The van der Waals surface area contributed by atoms with Gasteiger partial charge in [-0.2, -0.15) is 0 Å². The minimum absolute atomic E-state index is 0. The molecule has 0 bridgehead atoms. The molecule has 1 aromatic carbocycles. The number of aliphatic imine (C=N–C) groups is 1. The van der Waals surface area contributed by atoms with E-state index < -0.39 is 0 Å². The highest BCUT2D eigenvalue weighted by atomic mass is 127. The Morgan fingerprint density at radius 2 is 2.00 bits per heavy atom. The van der Waals surface area contributed by atoms with Crippen LogP contribution in [-0.2, 0) is 6.42 Å². The molecule has 1 aromatic rings. The first-order valence-electron chi connectivity index (χ1n) is 7.81. The first-order valence-corrected chi connectivity index (χ1v) is 7.81. The molecule has 1 aliphatic rings. The standard InChI is InChI=1S/C17H27N3O.HI/c1-13-4-5-15(12-16(13)21-3)9-11-20-17(18-2)19-10-8-14-6-7-14;/h4-5,12,14H,6-11H2,1-3H3,(H2,18,19,20);1H. The maximum Gasteiger partial charge on any atom is 0.190 e. The van der Waals surface area contributed by atoms with E-state index in [4.69, 9.17) is 4.74 Å². The molecule has 0 spiro atoms. The van der Waals surface area contributed by atoms with Crippen molar-refractivity contribution < 1.29 is 4.74 Å². The van der Waals surface area contributed by atoms with Gasteiger partial charge in [0, 0.05) is 20.1 Å². The van der Waals surface area contributed by atoms with Gasteiger partial charge in [0.2, 0.25) is 0 Å². The highest BCUT2D eigenvalue weighted by Gasteiger charge is 2.20. The normalized spacial score (nSPS) is 14.2. The second-order valence-electron chi connectivity index (χ2n) is 5.71. The van der Waals surface area contributed by atoms with E-state index in [-0.39, 0.29) is 24.0 Å². The van der Waals surface area contributed by atoms with E-state index in [0.717, 1.165) is 37.1 Å². The van der Waals surface area contributed by atoms with Gasteiger partial charge in [-0.3, -0.25) is 4.99 Å². The zero-order valence-corrected chi connectivity index (χ0v) is 16.1. The third-order valence-corrected chi connectivity index (χ3v) is 3.94. The number of benzene rings is 1. The summed E-state index contributed by atoms with van der Waals surface area (Å²) < 4.78 is 5.36. The Morgan fingerprint density at radius 1 is 1.27 bits per heavy atom. The van der Waals surface area contributed by atoms with Gasteiger partial charge >= 0.3 is 0 Å². The number of nitrogens with one attached hydrogen (secondary N) is 2. The van der Waals surface area contributed by atoms with Crippen molar-refractivity contribution in [1.29, 1.82) is 0 Å². The predicted molar refractivity (Wildman–Crippen MR) is 104 cm³/mol. The van der Waals surface area contributed by atoms with Gasteiger partial charge in [0.15, 0.2) is 5.96 Å². The van der Waals surface area contributed by atoms with Crippen LogP contribution in [0.15, 0.2) is 23.2 Å². The molecule has 0 atom stereocenters. The van der Waals surface area contributed by atoms with Crippen LogP contribution in [0.25, 0.3) is 0 Å². The number of guanidine groups is 1. The maximum atomic E-state index is 5.36. The smallest absolute Gasteiger partial charge is 0.190 e. The molecular weight excluding hydrogens is 389 g/mol. The van der Waals surface area contributed by atoms with Crippen molar-refractivity contribution in [3.8, 4) is 5.75 Å². The Morgan fingerprint density at radius 3 is 2.64 bits per heavy atom. The number of halogens is 1. The third kappa shape index (κ3) is 6.42. The molecule has 1 aliphatic carbocycles. The van der Waals surface area contributed by atoms with Gasteiger partial charge in [-0.25, -0.2) is 0 Å². The summed E-state index contributed by atoms with van der Waals surface area (Å²) in [5.74, 6) is 2.81. The lowest BCUT2D eigenvalue weighted by molar-refractivity contribution is 0.411. The maximum absolute atomic E-state index is 5.36. The minimum Gasteiger partial charge on any atom is -0.496 e. The molecule has 0 saturated heterocycles. The van der Waals surface area contributed by atoms with Crippen molar-refractivity contribution >= 4 is 29.9 Å². The predicted octanol–water partition coefficient (Wildman–Crippen LogP) is 3.13. The number of nitrogens with zero attached hydrogens (tertiary/aromatic N) is 1. The van der Waals surface area contributed by atoms with Crippen LogP contribution in [0.5, 0.6) is 5.75 Å². The van der Waals surface area contributed by atoms with Crippen molar-refractivity contribution in [1.82, 2.24) is 10.6 Å². The molecule has 0 unspecified atom stereocenters. The summed E-state index contributed by atoms with van der Waals surface area (Å²) in [5.41, 5.74) is 2.45. The van der Waals surface area contributed by atoms with Gasteiger partial charge in [-0.15, -0.1) is 24.0 Å². The molecule has 2 N–H and O–H groups in total. The van der Waals surface area contributed by atoms with Gasteiger partial charge in [-0.1, -0.05) is 25.0 Å². The molecule has 0 aliphatic heterocycles. The van der Waals surface area contributed by atoms with Crippen LogP contribution in [0.3, 0.4) is 0 Å². The second-order valence-corrected chi connectivity index (χ2v) is 5.71. The topological polar surface area (TPSA) is 45.7 Å². The highest BCUT2D eigenvalue weighted by molar-refractivity contribution is 14.0. The summed E-state index contributed by atoms with van der Waals surface area (Å²) >= 11 is 0. The largest absolute Gasteiger partial charge is 0.496 e. The van der Waals surface area contributed by atoms with Crippen molar-refractivity contribution in [2.45, 2.75) is 32.6 Å². The number of methoxy groups -OCH3 is 1. The number of ether oxygens (including phenoxy) is 1. The van der Waals surface area contributed by atoms with Crippen molar-refractivity contribution in [3.05, 3.63) is 29.3 Å². The van der Waals surface area contributed by atoms with Crippen LogP contribution >= 0.6 is 24.0 Å². The molecule has 1 saturated carbocycles. The van der Waals surface area contributed by atoms with E-state index in [9.17, 15) is 0 Å². The average Bonchev–Trinajstić information content (AvgIpc) is 3.31. The van der Waals surface area contributed by atoms with Gasteiger partial charge in [0.1, 0.15) is 5.75 Å². The Hall–Kier alpha value is -0.980. The fourth-order valence-electron chi connectivity index (χ4n) is 2.37. The van der Waals surface area contributed by atoms with Crippen molar-refractivity contribution in [3.63, 3.8) is 0 Å². The molecule has 4 nitrogen and oxygen atoms in total. The minimum atomic E-state index is 0. The molecule has 1 fully saturated rings. The van der Waals surface area contributed by atoms with Crippen molar-refractivity contribution in [2.24, 2.45) is 10.9 Å². The van der Waals surface area contributed by atoms with Crippen molar-refractivity contribution in [2.75, 3.05) is 27.2 Å². The second kappa shape index (κ2) is 9.92. The zero-order valence-electron chi connectivity index (χ0n) is 13.8. The SMILES string of the molecule is CN=C(NCCc1ccc(C)c(OC)c1)NCCC1CC1.I. The third-order valence-electron chi connectivity index (χ3n) is 3.94. The van der Waals surface area contributed by atoms with E-state index in [0.29, 0.717) is 0 Å². The molecule has 0 amide bonds. The van der Waals surface area contributed by atoms with E-state index in [1.165, 1.54) is 30.4 Å². The molecule has 0 heterocycles. The summed E-state index contributed by atoms with van der Waals surface area (Å²) in [6.07, 6.45) is 5.03. The Labute approximate surface area is 151 Å². The molecule has 22 heavy (non-hydrogen) atoms. The van der Waals surface area contributed by atoms with Crippen LogP contribution in [-0.4, -0.2) is 33.2 Å². The van der Waals surface area contributed by atoms with Gasteiger partial charge in [0.25, 0.3) is 0 Å². The van der Waals surface area contributed by atoms with E-state index >= 15 is 0 Å². The zero-order chi connectivity index (χ0) is 15.1. The van der Waals surface area contributed by atoms with Crippen LogP contribution in [0, 0.1) is 12.8 Å². The summed E-state index contributed by atoms with van der Waals surface area (Å²) in [6, 6.07) is 6.37. The van der Waals surface area contributed by atoms with E-state index in [1.54, 1.807) is 7.11 Å². The lowest BCUT2D eigenvalue weighted by Crippen LogP contribution is -2.38. The first kappa shape index (κ1) is 19.1. The number of hydrogen-bond donors (Lipinski definition) is 2. The summed E-state index contributed by atoms with van der Waals surface area (Å²) in [7, 11) is 3.54. The van der Waals surface area contributed by atoms with Crippen LogP contribution in [0.4, 0.5) is 0 Å². The number of aryl methyl sites for hydroxylation is 1. The summed E-state index contributed by atoms with van der Waals surface area (Å²) in [6.45, 7) is 3.95. The summed E-state index contributed by atoms with van der Waals surface area (Å²) in [4.78, 5) is 4.25. The van der Waals surface area contributed by atoms with E-state index in [1.807, 2.05) is 7.05 Å². The lowest BCUT2D eigenvalue weighted by atomic mass is 10.1. The molecule has 0 aromatic heterocycles. The van der Waals surface area contributed by atoms with Crippen LogP contribution < -0.4 is 15.4 Å². The van der Waals surface area contributed by atoms with Crippen LogP contribution in [0.1, 0.15) is 30.4 Å². The fraction of sp³-hybridized carbons (Fsp3) is 0.588. The Balaban J connectivity index is 0.00000242. The summed E-state index contributed by atoms with van der Waals surface area (Å²) in [5, 5.41) is 6.74. The molecule has 0 radical (unpaired) electrons. The lowest BCUT2D eigenvalue weighted by Gasteiger charge is -2.12. The molecular formula is C17H28IN3O. The Kier molecular flexibility index (Phi) is 8.60. The molecule has 124 valence electrons. The van der Waals surface area contributed by atoms with Gasteiger partial charge < -0.3 is 15.4 Å². The molecule has 5 heteroatoms.